The molecule has 0 unspecified atom stereocenters. The molecule has 3 heterocycles. The van der Waals surface area contributed by atoms with E-state index >= 15 is 0 Å². The van der Waals surface area contributed by atoms with Gasteiger partial charge in [0.25, 0.3) is 5.69 Å². The van der Waals surface area contributed by atoms with Gasteiger partial charge >= 0.3 is 0 Å². The van der Waals surface area contributed by atoms with Crippen LogP contribution in [0.4, 0.5) is 5.69 Å². The average molecular weight is 363 g/mol. The third-order valence-corrected chi connectivity index (χ3v) is 5.55. The summed E-state index contributed by atoms with van der Waals surface area (Å²) >= 11 is 4.06. The van der Waals surface area contributed by atoms with Crippen molar-refractivity contribution in [1.82, 2.24) is 30.2 Å². The van der Waals surface area contributed by atoms with E-state index in [1.165, 1.54) is 51.2 Å². The van der Waals surface area contributed by atoms with Crippen molar-refractivity contribution in [3.63, 3.8) is 0 Å². The number of fused-ring (bicyclic) bond motifs is 1. The van der Waals surface area contributed by atoms with Gasteiger partial charge in [0, 0.05) is 23.7 Å². The van der Waals surface area contributed by atoms with Crippen LogP contribution >= 0.6 is 34.4 Å². The van der Waals surface area contributed by atoms with Gasteiger partial charge in [-0.25, -0.2) is 9.97 Å². The standard InChI is InChI=1S/C11H5N7O2S3/c19-18(20)6-1-2-7-8(5-6)22-11(13-7)23-10-14-15-16-17(10)9-12-3-4-21-9/h1-5H. The van der Waals surface area contributed by atoms with E-state index in [9.17, 15) is 10.1 Å². The summed E-state index contributed by atoms with van der Waals surface area (Å²) in [5.74, 6) is 0. The Morgan fingerprint density at radius 3 is 3.04 bits per heavy atom. The summed E-state index contributed by atoms with van der Waals surface area (Å²) in [7, 11) is 0. The number of nitrogens with zero attached hydrogens (tertiary/aromatic N) is 7. The van der Waals surface area contributed by atoms with Gasteiger partial charge in [-0.3, -0.25) is 10.1 Å². The zero-order valence-corrected chi connectivity index (χ0v) is 13.5. The summed E-state index contributed by atoms with van der Waals surface area (Å²) in [5.41, 5.74) is 0.752. The van der Waals surface area contributed by atoms with E-state index in [2.05, 4.69) is 25.5 Å². The third kappa shape index (κ3) is 2.67. The maximum atomic E-state index is 10.8. The number of hydrogen-bond donors (Lipinski definition) is 0. The molecule has 0 N–H and O–H groups in total. The molecule has 0 radical (unpaired) electrons. The molecule has 0 spiro atoms. The maximum absolute atomic E-state index is 10.8. The van der Waals surface area contributed by atoms with Crippen LogP contribution in [0.1, 0.15) is 0 Å². The van der Waals surface area contributed by atoms with E-state index in [4.69, 9.17) is 0 Å². The zero-order valence-electron chi connectivity index (χ0n) is 11.1. The van der Waals surface area contributed by atoms with Crippen molar-refractivity contribution in [3.8, 4) is 5.13 Å². The van der Waals surface area contributed by atoms with E-state index < -0.39 is 4.92 Å². The van der Waals surface area contributed by atoms with Gasteiger partial charge < -0.3 is 0 Å². The quantitative estimate of drug-likeness (QED) is 0.402. The van der Waals surface area contributed by atoms with Gasteiger partial charge in [0.2, 0.25) is 10.3 Å². The molecule has 4 rings (SSSR count). The normalized spacial score (nSPS) is 11.1. The fraction of sp³-hybridized carbons (Fsp3) is 0. The Balaban J connectivity index is 1.68. The first kappa shape index (κ1) is 14.2. The second-order valence-corrected chi connectivity index (χ2v) is 7.30. The van der Waals surface area contributed by atoms with Gasteiger partial charge in [0.1, 0.15) is 0 Å². The van der Waals surface area contributed by atoms with E-state index in [0.29, 0.717) is 20.1 Å². The van der Waals surface area contributed by atoms with Crippen molar-refractivity contribution in [2.75, 3.05) is 0 Å². The molecule has 9 nitrogen and oxygen atoms in total. The van der Waals surface area contributed by atoms with Crippen molar-refractivity contribution in [2.24, 2.45) is 0 Å². The Bertz CT molecular complexity index is 994. The number of non-ortho nitro benzene ring substituents is 1. The van der Waals surface area contributed by atoms with Gasteiger partial charge in [-0.2, -0.15) is 4.68 Å². The number of hydrogen-bond acceptors (Lipinski definition) is 10. The minimum atomic E-state index is -0.422. The Labute approximate surface area is 140 Å². The number of aromatic nitrogens is 6. The van der Waals surface area contributed by atoms with Crippen molar-refractivity contribution in [2.45, 2.75) is 9.50 Å². The summed E-state index contributed by atoms with van der Waals surface area (Å²) in [6, 6.07) is 4.59. The molecule has 0 atom stereocenters. The van der Waals surface area contributed by atoms with Crippen LogP contribution in [-0.2, 0) is 0 Å². The highest BCUT2D eigenvalue weighted by atomic mass is 32.2. The molecule has 0 saturated heterocycles. The molecular formula is C11H5N7O2S3. The first-order valence-electron chi connectivity index (χ1n) is 6.12. The van der Waals surface area contributed by atoms with Gasteiger partial charge in [-0.15, -0.1) is 27.8 Å². The predicted octanol–water partition coefficient (Wildman–Crippen LogP) is 2.79. The average Bonchev–Trinajstić information content (AvgIpc) is 3.26. The highest BCUT2D eigenvalue weighted by Gasteiger charge is 2.16. The molecule has 0 aliphatic carbocycles. The van der Waals surface area contributed by atoms with Crippen molar-refractivity contribution in [3.05, 3.63) is 39.9 Å². The van der Waals surface area contributed by atoms with Crippen LogP contribution in [0, 0.1) is 10.1 Å². The molecular weight excluding hydrogens is 358 g/mol. The molecule has 4 aromatic rings. The SMILES string of the molecule is O=[N+]([O-])c1ccc2nc(Sc3nnnn3-c3nccs3)sc2c1. The third-order valence-electron chi connectivity index (χ3n) is 2.78. The molecule has 114 valence electrons. The molecule has 1 aromatic carbocycles. The molecule has 0 bridgehead atoms. The number of thiazole rings is 2. The second-order valence-electron chi connectivity index (χ2n) is 4.18. The smallest absolute Gasteiger partial charge is 0.258 e. The lowest BCUT2D eigenvalue weighted by molar-refractivity contribution is -0.384. The first-order chi connectivity index (χ1) is 11.2. The Kier molecular flexibility index (Phi) is 3.48. The highest BCUT2D eigenvalue weighted by molar-refractivity contribution is 8.01. The zero-order chi connectivity index (χ0) is 15.8. The van der Waals surface area contributed by atoms with Gasteiger partial charge in [-0.05, 0) is 28.3 Å². The second kappa shape index (κ2) is 5.64. The lowest BCUT2D eigenvalue weighted by Crippen LogP contribution is -1.97. The molecule has 0 amide bonds. The monoisotopic (exact) mass is 363 g/mol. The fourth-order valence-corrected chi connectivity index (χ4v) is 4.43. The van der Waals surface area contributed by atoms with Crippen molar-refractivity contribution >= 4 is 50.3 Å². The fourth-order valence-electron chi connectivity index (χ4n) is 1.81. The number of nitro benzene ring substituents is 1. The number of benzene rings is 1. The van der Waals surface area contributed by atoms with Crippen LogP contribution in [-0.4, -0.2) is 35.1 Å². The van der Waals surface area contributed by atoms with Gasteiger partial charge in [0.05, 0.1) is 15.1 Å². The molecule has 0 aliphatic rings. The number of tetrazole rings is 1. The van der Waals surface area contributed by atoms with Crippen molar-refractivity contribution < 1.29 is 4.92 Å². The minimum Gasteiger partial charge on any atom is -0.258 e. The van der Waals surface area contributed by atoms with E-state index in [1.54, 1.807) is 12.3 Å². The van der Waals surface area contributed by atoms with Crippen LogP contribution in [0.3, 0.4) is 0 Å². The van der Waals surface area contributed by atoms with Crippen molar-refractivity contribution in [1.29, 1.82) is 0 Å². The van der Waals surface area contributed by atoms with Crippen LogP contribution in [0.15, 0.2) is 39.3 Å². The molecule has 0 fully saturated rings. The minimum absolute atomic E-state index is 0.0466. The highest BCUT2D eigenvalue weighted by Crippen LogP contribution is 2.35. The predicted molar refractivity (Wildman–Crippen MR) is 85.2 cm³/mol. The van der Waals surface area contributed by atoms with Crippen LogP contribution in [0.2, 0.25) is 0 Å². The summed E-state index contributed by atoms with van der Waals surface area (Å²) in [5, 5.41) is 25.4. The molecule has 23 heavy (non-hydrogen) atoms. The Morgan fingerprint density at radius 2 is 2.26 bits per heavy atom. The molecule has 0 saturated carbocycles. The first-order valence-corrected chi connectivity index (χ1v) is 8.63. The largest absolute Gasteiger partial charge is 0.270 e. The van der Waals surface area contributed by atoms with Gasteiger partial charge in [-0.1, -0.05) is 0 Å². The molecule has 3 aromatic heterocycles. The topological polar surface area (TPSA) is 113 Å². The lowest BCUT2D eigenvalue weighted by Gasteiger charge is -1.96. The number of nitro groups is 1. The van der Waals surface area contributed by atoms with Crippen LogP contribution < -0.4 is 0 Å². The number of rotatable bonds is 4. The van der Waals surface area contributed by atoms with E-state index in [0.717, 1.165) is 4.70 Å². The maximum Gasteiger partial charge on any atom is 0.270 e. The summed E-state index contributed by atoms with van der Waals surface area (Å²) < 4.78 is 2.98. The van der Waals surface area contributed by atoms with E-state index in [1.807, 2.05) is 5.38 Å². The van der Waals surface area contributed by atoms with Crippen LogP contribution in [0.25, 0.3) is 15.3 Å². The molecule has 12 heteroatoms. The molecule has 0 aliphatic heterocycles. The Hall–Kier alpha value is -2.44. The Morgan fingerprint density at radius 1 is 1.35 bits per heavy atom. The summed E-state index contributed by atoms with van der Waals surface area (Å²) in [6.45, 7) is 0. The summed E-state index contributed by atoms with van der Waals surface area (Å²) in [6.07, 6.45) is 1.67. The summed E-state index contributed by atoms with van der Waals surface area (Å²) in [4.78, 5) is 19.0. The lowest BCUT2D eigenvalue weighted by atomic mass is 10.3. The van der Waals surface area contributed by atoms with E-state index in [-0.39, 0.29) is 5.69 Å². The van der Waals surface area contributed by atoms with Crippen LogP contribution in [0.5, 0.6) is 0 Å². The van der Waals surface area contributed by atoms with Gasteiger partial charge in [0.15, 0.2) is 4.34 Å².